The minimum atomic E-state index is -0.675. The summed E-state index contributed by atoms with van der Waals surface area (Å²) in [6.07, 6.45) is 4.69. The lowest BCUT2D eigenvalue weighted by Gasteiger charge is -2.21. The van der Waals surface area contributed by atoms with Crippen molar-refractivity contribution in [3.63, 3.8) is 0 Å². The van der Waals surface area contributed by atoms with Crippen LogP contribution in [0.2, 0.25) is 0 Å². The molecule has 0 aromatic heterocycles. The predicted molar refractivity (Wildman–Crippen MR) is 61.4 cm³/mol. The predicted octanol–water partition coefficient (Wildman–Crippen LogP) is 3.68. The molecule has 0 spiro atoms. The highest BCUT2D eigenvalue weighted by Crippen LogP contribution is 2.08. The largest absolute Gasteiger partial charge is 0.309 e. The van der Waals surface area contributed by atoms with Crippen LogP contribution in [0.4, 0.5) is 4.39 Å². The zero-order valence-electron chi connectivity index (χ0n) is 10.2. The van der Waals surface area contributed by atoms with Gasteiger partial charge in [0.25, 0.3) is 0 Å². The van der Waals surface area contributed by atoms with Gasteiger partial charge in [-0.05, 0) is 27.2 Å². The molecule has 0 amide bonds. The van der Waals surface area contributed by atoms with Gasteiger partial charge in [0.2, 0.25) is 0 Å². The fourth-order valence-corrected chi connectivity index (χ4v) is 1.31. The van der Waals surface area contributed by atoms with Crippen LogP contribution < -0.4 is 5.32 Å². The number of hydrogen-bond acceptors (Lipinski definition) is 1. The Morgan fingerprint density at radius 2 is 1.79 bits per heavy atom. The van der Waals surface area contributed by atoms with Crippen molar-refractivity contribution >= 4 is 0 Å². The highest BCUT2D eigenvalue weighted by Gasteiger charge is 2.12. The summed E-state index contributed by atoms with van der Waals surface area (Å²) in [7, 11) is 0. The number of nitrogens with one attached hydrogen (secondary N) is 1. The molecule has 0 aliphatic rings. The molecular formula is C12H26FN. The van der Waals surface area contributed by atoms with Crippen molar-refractivity contribution in [1.82, 2.24) is 5.32 Å². The maximum atomic E-state index is 13.3. The first-order chi connectivity index (χ1) is 6.45. The Hall–Kier alpha value is -0.110. The quantitative estimate of drug-likeness (QED) is 0.622. The third kappa shape index (κ3) is 9.97. The van der Waals surface area contributed by atoms with Gasteiger partial charge in [-0.3, -0.25) is 0 Å². The van der Waals surface area contributed by atoms with Gasteiger partial charge in [-0.25, -0.2) is 4.39 Å². The average molecular weight is 203 g/mol. The van der Waals surface area contributed by atoms with E-state index in [1.807, 2.05) is 0 Å². The Labute approximate surface area is 88.5 Å². The first-order valence-corrected chi connectivity index (χ1v) is 5.85. The Balaban J connectivity index is 3.32. The van der Waals surface area contributed by atoms with Crippen molar-refractivity contribution in [2.24, 2.45) is 0 Å². The molecule has 1 nitrogen and oxygen atoms in total. The molecule has 0 radical (unpaired) electrons. The van der Waals surface area contributed by atoms with Gasteiger partial charge in [-0.2, -0.15) is 0 Å². The lowest BCUT2D eigenvalue weighted by molar-refractivity contribution is 0.266. The van der Waals surface area contributed by atoms with Crippen molar-refractivity contribution < 1.29 is 4.39 Å². The van der Waals surface area contributed by atoms with E-state index in [-0.39, 0.29) is 5.54 Å². The molecule has 0 aliphatic heterocycles. The molecule has 0 fully saturated rings. The number of unbranched alkanes of at least 4 members (excludes halogenated alkanes) is 3. The van der Waals surface area contributed by atoms with Gasteiger partial charge in [0, 0.05) is 12.1 Å². The zero-order valence-corrected chi connectivity index (χ0v) is 10.2. The summed E-state index contributed by atoms with van der Waals surface area (Å²) >= 11 is 0. The summed E-state index contributed by atoms with van der Waals surface area (Å²) in [5, 5.41) is 3.19. The highest BCUT2D eigenvalue weighted by molar-refractivity contribution is 4.72. The van der Waals surface area contributed by atoms with Crippen LogP contribution in [0, 0.1) is 0 Å². The van der Waals surface area contributed by atoms with Crippen LogP contribution in [0.5, 0.6) is 0 Å². The summed E-state index contributed by atoms with van der Waals surface area (Å²) in [4.78, 5) is 0. The minimum Gasteiger partial charge on any atom is -0.309 e. The van der Waals surface area contributed by atoms with Gasteiger partial charge < -0.3 is 5.32 Å². The highest BCUT2D eigenvalue weighted by atomic mass is 19.1. The molecule has 1 unspecified atom stereocenters. The van der Waals surface area contributed by atoms with Crippen LogP contribution in [0.15, 0.2) is 0 Å². The van der Waals surface area contributed by atoms with E-state index < -0.39 is 6.17 Å². The monoisotopic (exact) mass is 203 g/mol. The fraction of sp³-hybridized carbons (Fsp3) is 1.00. The van der Waals surface area contributed by atoms with Gasteiger partial charge in [0.15, 0.2) is 0 Å². The second kappa shape index (κ2) is 7.22. The van der Waals surface area contributed by atoms with Crippen molar-refractivity contribution in [1.29, 1.82) is 0 Å². The zero-order chi connectivity index (χ0) is 11.0. The van der Waals surface area contributed by atoms with Crippen LogP contribution in [-0.4, -0.2) is 18.3 Å². The third-order valence-electron chi connectivity index (χ3n) is 2.22. The molecular weight excluding hydrogens is 177 g/mol. The van der Waals surface area contributed by atoms with Crippen molar-refractivity contribution in [3.8, 4) is 0 Å². The standard InChI is InChI=1S/C12H26FN/c1-5-6-7-8-9-11(13)10-14-12(2,3)4/h11,14H,5-10H2,1-4H3. The Kier molecular flexibility index (Phi) is 7.16. The normalized spacial score (nSPS) is 14.4. The molecule has 0 aromatic rings. The molecule has 0 bridgehead atoms. The smallest absolute Gasteiger partial charge is 0.113 e. The Morgan fingerprint density at radius 3 is 2.29 bits per heavy atom. The van der Waals surface area contributed by atoms with E-state index >= 15 is 0 Å². The van der Waals surface area contributed by atoms with E-state index in [0.717, 1.165) is 6.42 Å². The summed E-state index contributed by atoms with van der Waals surface area (Å²) in [6.45, 7) is 8.87. The van der Waals surface area contributed by atoms with Crippen molar-refractivity contribution in [2.75, 3.05) is 6.54 Å². The fourth-order valence-electron chi connectivity index (χ4n) is 1.31. The summed E-state index contributed by atoms with van der Waals surface area (Å²) in [6, 6.07) is 0. The van der Waals surface area contributed by atoms with E-state index in [2.05, 4.69) is 33.0 Å². The molecule has 0 saturated carbocycles. The molecule has 1 N–H and O–H groups in total. The second-order valence-corrected chi connectivity index (χ2v) is 5.08. The van der Waals surface area contributed by atoms with Crippen molar-refractivity contribution in [3.05, 3.63) is 0 Å². The lowest BCUT2D eigenvalue weighted by Crippen LogP contribution is -2.39. The summed E-state index contributed by atoms with van der Waals surface area (Å²) in [5.41, 5.74) is 0.0355. The van der Waals surface area contributed by atoms with Gasteiger partial charge >= 0.3 is 0 Å². The van der Waals surface area contributed by atoms with Gasteiger partial charge in [-0.15, -0.1) is 0 Å². The Bertz CT molecular complexity index is 129. The van der Waals surface area contributed by atoms with Crippen LogP contribution in [0.3, 0.4) is 0 Å². The summed E-state index contributed by atoms with van der Waals surface area (Å²) in [5.74, 6) is 0. The topological polar surface area (TPSA) is 12.0 Å². The lowest BCUT2D eigenvalue weighted by atomic mass is 10.1. The molecule has 2 heteroatoms. The number of halogens is 1. The van der Waals surface area contributed by atoms with Crippen molar-refractivity contribution in [2.45, 2.75) is 71.5 Å². The molecule has 0 aliphatic carbocycles. The van der Waals surface area contributed by atoms with E-state index in [1.165, 1.54) is 19.3 Å². The average Bonchev–Trinajstić information content (AvgIpc) is 2.08. The molecule has 86 valence electrons. The number of alkyl halides is 1. The van der Waals surface area contributed by atoms with Crippen LogP contribution in [0.1, 0.15) is 59.8 Å². The van der Waals surface area contributed by atoms with Crippen LogP contribution in [-0.2, 0) is 0 Å². The number of rotatable bonds is 7. The number of hydrogen-bond donors (Lipinski definition) is 1. The molecule has 1 atom stereocenters. The molecule has 0 heterocycles. The molecule has 14 heavy (non-hydrogen) atoms. The maximum Gasteiger partial charge on any atom is 0.113 e. The Morgan fingerprint density at radius 1 is 1.14 bits per heavy atom. The SMILES string of the molecule is CCCCCCC(F)CNC(C)(C)C. The first kappa shape index (κ1) is 13.9. The van der Waals surface area contributed by atoms with E-state index in [4.69, 9.17) is 0 Å². The van der Waals surface area contributed by atoms with Crippen LogP contribution in [0.25, 0.3) is 0 Å². The first-order valence-electron chi connectivity index (χ1n) is 5.85. The van der Waals surface area contributed by atoms with E-state index in [1.54, 1.807) is 0 Å². The van der Waals surface area contributed by atoms with E-state index in [0.29, 0.717) is 13.0 Å². The maximum absolute atomic E-state index is 13.3. The van der Waals surface area contributed by atoms with Gasteiger partial charge in [-0.1, -0.05) is 32.6 Å². The summed E-state index contributed by atoms with van der Waals surface area (Å²) < 4.78 is 13.3. The minimum absolute atomic E-state index is 0.0355. The molecule has 0 aromatic carbocycles. The van der Waals surface area contributed by atoms with Gasteiger partial charge in [0.05, 0.1) is 0 Å². The van der Waals surface area contributed by atoms with Crippen LogP contribution >= 0.6 is 0 Å². The third-order valence-corrected chi connectivity index (χ3v) is 2.22. The van der Waals surface area contributed by atoms with E-state index in [9.17, 15) is 4.39 Å². The molecule has 0 saturated heterocycles. The second-order valence-electron chi connectivity index (χ2n) is 5.08. The molecule has 0 rings (SSSR count). The van der Waals surface area contributed by atoms with Gasteiger partial charge in [0.1, 0.15) is 6.17 Å².